The molecule has 2 rings (SSSR count). The zero-order valence-electron chi connectivity index (χ0n) is 15.7. The molecule has 4 N–H and O–H groups in total. The lowest BCUT2D eigenvalue weighted by Crippen LogP contribution is -2.13. The summed E-state index contributed by atoms with van der Waals surface area (Å²) < 4.78 is 57.9. The van der Waals surface area contributed by atoms with Crippen LogP contribution < -0.4 is 10.1 Å². The number of anilines is 1. The van der Waals surface area contributed by atoms with Crippen LogP contribution in [0.5, 0.6) is 17.2 Å². The largest absolute Gasteiger partial charge is 0.508 e. The van der Waals surface area contributed by atoms with E-state index in [0.29, 0.717) is 5.56 Å². The molecule has 0 fully saturated rings. The summed E-state index contributed by atoms with van der Waals surface area (Å²) in [5.74, 6) is -0.453. The molecule has 0 aromatic heterocycles. The summed E-state index contributed by atoms with van der Waals surface area (Å²) in [7, 11) is -4.47. The Kier molecular flexibility index (Phi) is 6.94. The third kappa shape index (κ3) is 5.88. The first-order valence-electron chi connectivity index (χ1n) is 8.40. The van der Waals surface area contributed by atoms with Gasteiger partial charge in [0.2, 0.25) is 0 Å². The van der Waals surface area contributed by atoms with E-state index in [1.807, 2.05) is 13.8 Å². The van der Waals surface area contributed by atoms with Gasteiger partial charge in [0, 0.05) is 11.3 Å². The summed E-state index contributed by atoms with van der Waals surface area (Å²) in [6.07, 6.45) is -5.60. The fraction of sp³-hybridized carbons (Fsp3) is 0.333. The van der Waals surface area contributed by atoms with E-state index >= 15 is 0 Å². The molecule has 11 heteroatoms. The molecule has 0 radical (unpaired) electrons. The highest BCUT2D eigenvalue weighted by Gasteiger charge is 2.39. The Balaban J connectivity index is 2.56. The maximum absolute atomic E-state index is 13.8. The number of ether oxygens (including phenoxy) is 1. The summed E-state index contributed by atoms with van der Waals surface area (Å²) in [6.45, 7) is 4.82. The van der Waals surface area contributed by atoms with Crippen molar-refractivity contribution in [3.8, 4) is 17.2 Å². The monoisotopic (exact) mass is 497 g/mol. The van der Waals surface area contributed by atoms with Gasteiger partial charge < -0.3 is 24.9 Å². The van der Waals surface area contributed by atoms with E-state index in [1.54, 1.807) is 0 Å². The summed E-state index contributed by atoms with van der Waals surface area (Å²) in [6, 6.07) is 5.42. The zero-order valence-corrected chi connectivity index (χ0v) is 18.2. The van der Waals surface area contributed by atoms with Crippen LogP contribution in [0.15, 0.2) is 28.7 Å². The molecule has 0 unspecified atom stereocenters. The fourth-order valence-electron chi connectivity index (χ4n) is 2.71. The Morgan fingerprint density at radius 3 is 2.38 bits per heavy atom. The van der Waals surface area contributed by atoms with Crippen LogP contribution in [0.1, 0.15) is 36.5 Å². The van der Waals surface area contributed by atoms with Crippen LogP contribution in [-0.2, 0) is 10.7 Å². The second-order valence-electron chi connectivity index (χ2n) is 6.71. The van der Waals surface area contributed by atoms with Crippen LogP contribution in [0.3, 0.4) is 0 Å². The van der Waals surface area contributed by atoms with Crippen LogP contribution >= 0.6 is 23.5 Å². The average Bonchev–Trinajstić information content (AvgIpc) is 2.56. The van der Waals surface area contributed by atoms with Crippen LogP contribution in [0.25, 0.3) is 0 Å². The van der Waals surface area contributed by atoms with Gasteiger partial charge in [0.25, 0.3) is 0 Å². The molecule has 6 nitrogen and oxygen atoms in total. The van der Waals surface area contributed by atoms with Gasteiger partial charge in [-0.25, -0.2) is 0 Å². The fourth-order valence-corrected chi connectivity index (χ4v) is 3.60. The van der Waals surface area contributed by atoms with Crippen LogP contribution in [0.2, 0.25) is 0 Å². The topological polar surface area (TPSA) is 99.0 Å². The number of nitrogens with one attached hydrogen (secondary N) is 1. The van der Waals surface area contributed by atoms with Gasteiger partial charge in [0.05, 0.1) is 4.47 Å². The smallest absolute Gasteiger partial charge is 0.420 e. The highest BCUT2D eigenvalue weighted by atomic mass is 79.9. The molecule has 0 aliphatic heterocycles. The van der Waals surface area contributed by atoms with Gasteiger partial charge in [-0.3, -0.25) is 4.57 Å². The van der Waals surface area contributed by atoms with E-state index in [4.69, 9.17) is 14.5 Å². The van der Waals surface area contributed by atoms with Crippen molar-refractivity contribution in [1.29, 1.82) is 0 Å². The summed E-state index contributed by atoms with van der Waals surface area (Å²) in [5.41, 5.74) is -0.927. The summed E-state index contributed by atoms with van der Waals surface area (Å²) >= 11 is 3.06. The molecular weight excluding hydrogens is 478 g/mol. The molecule has 0 amide bonds. The minimum absolute atomic E-state index is 0.00984. The molecule has 0 saturated heterocycles. The SMILES string of the molecule is Cc1c(NCP(=O)(O)O)cc(Br)c(Oc2ccc(O)c(C(C)C)c2)c1C(F)(F)F. The third-order valence-corrected chi connectivity index (χ3v) is 5.25. The van der Waals surface area contributed by atoms with Crippen LogP contribution in [-0.4, -0.2) is 21.2 Å². The van der Waals surface area contributed by atoms with E-state index in [0.717, 1.165) is 0 Å². The molecule has 0 aliphatic rings. The molecule has 160 valence electrons. The molecule has 0 bridgehead atoms. The molecule has 2 aromatic carbocycles. The second-order valence-corrected chi connectivity index (χ2v) is 9.21. The van der Waals surface area contributed by atoms with Gasteiger partial charge >= 0.3 is 13.8 Å². The van der Waals surface area contributed by atoms with Crippen molar-refractivity contribution in [2.45, 2.75) is 32.9 Å². The van der Waals surface area contributed by atoms with E-state index in [2.05, 4.69) is 21.2 Å². The number of aromatic hydroxyl groups is 1. The van der Waals surface area contributed by atoms with Gasteiger partial charge in [0.15, 0.2) is 5.75 Å². The number of hydrogen-bond acceptors (Lipinski definition) is 4. The molecule has 0 heterocycles. The number of hydrogen-bond donors (Lipinski definition) is 4. The van der Waals surface area contributed by atoms with E-state index in [9.17, 15) is 22.8 Å². The molecule has 29 heavy (non-hydrogen) atoms. The van der Waals surface area contributed by atoms with Crippen molar-refractivity contribution in [2.24, 2.45) is 0 Å². The van der Waals surface area contributed by atoms with Crippen molar-refractivity contribution in [3.63, 3.8) is 0 Å². The average molecular weight is 498 g/mol. The Morgan fingerprint density at radius 1 is 1.24 bits per heavy atom. The van der Waals surface area contributed by atoms with Crippen molar-refractivity contribution in [3.05, 3.63) is 45.4 Å². The summed E-state index contributed by atoms with van der Waals surface area (Å²) in [4.78, 5) is 18.0. The predicted octanol–water partition coefficient (Wildman–Crippen LogP) is 5.94. The number of halogens is 4. The predicted molar refractivity (Wildman–Crippen MR) is 107 cm³/mol. The maximum atomic E-state index is 13.8. The van der Waals surface area contributed by atoms with E-state index < -0.39 is 31.4 Å². The number of phenols is 1. The molecule has 0 spiro atoms. The number of alkyl halides is 3. The van der Waals surface area contributed by atoms with E-state index in [-0.39, 0.29) is 33.1 Å². The van der Waals surface area contributed by atoms with Gasteiger partial charge in [-0.05, 0) is 58.6 Å². The molecule has 0 aliphatic carbocycles. The Bertz CT molecular complexity index is 959. The minimum Gasteiger partial charge on any atom is -0.508 e. The number of benzene rings is 2. The van der Waals surface area contributed by atoms with Crippen molar-refractivity contribution < 1.29 is 37.4 Å². The summed E-state index contributed by atoms with van der Waals surface area (Å²) in [5, 5.41) is 12.2. The van der Waals surface area contributed by atoms with Gasteiger partial charge in [0.1, 0.15) is 23.3 Å². The lowest BCUT2D eigenvalue weighted by molar-refractivity contribution is -0.139. The normalized spacial score (nSPS) is 12.3. The minimum atomic E-state index is -4.79. The Hall–Kier alpha value is -1.74. The number of rotatable bonds is 6. The lowest BCUT2D eigenvalue weighted by atomic mass is 10.0. The first-order valence-corrected chi connectivity index (χ1v) is 11.0. The standard InChI is InChI=1S/C18H20BrF3NO5P/c1-9(2)12-6-11(4-5-15(12)24)28-17-13(19)7-14(23-8-29(25,26)27)10(3)16(17)18(20,21)22/h4-7,9,23-24H,8H2,1-3H3,(H2,25,26,27). The van der Waals surface area contributed by atoms with Crippen molar-refractivity contribution in [2.75, 3.05) is 11.6 Å². The highest BCUT2D eigenvalue weighted by molar-refractivity contribution is 9.10. The lowest BCUT2D eigenvalue weighted by Gasteiger charge is -2.21. The number of phenolic OH excluding ortho intramolecular Hbond substituents is 1. The van der Waals surface area contributed by atoms with Crippen LogP contribution in [0, 0.1) is 6.92 Å². The molecule has 2 aromatic rings. The maximum Gasteiger partial charge on any atom is 0.420 e. The van der Waals surface area contributed by atoms with E-state index in [1.165, 1.54) is 31.2 Å². The highest BCUT2D eigenvalue weighted by Crippen LogP contribution is 2.48. The molecular formula is C18H20BrF3NO5P. The molecule has 0 saturated carbocycles. The quantitative estimate of drug-likeness (QED) is 0.368. The first-order chi connectivity index (χ1) is 13.2. The second kappa shape index (κ2) is 8.55. The Labute approximate surface area is 174 Å². The van der Waals surface area contributed by atoms with Crippen molar-refractivity contribution in [1.82, 2.24) is 0 Å². The van der Waals surface area contributed by atoms with Gasteiger partial charge in [-0.15, -0.1) is 0 Å². The van der Waals surface area contributed by atoms with Gasteiger partial charge in [-0.1, -0.05) is 13.8 Å². The zero-order chi connectivity index (χ0) is 22.1. The van der Waals surface area contributed by atoms with Gasteiger partial charge in [-0.2, -0.15) is 13.2 Å². The molecule has 0 atom stereocenters. The Morgan fingerprint density at radius 2 is 1.86 bits per heavy atom. The third-order valence-electron chi connectivity index (χ3n) is 4.09. The first kappa shape index (κ1) is 23.5. The van der Waals surface area contributed by atoms with Crippen LogP contribution in [0.4, 0.5) is 18.9 Å². The van der Waals surface area contributed by atoms with Crippen molar-refractivity contribution >= 4 is 29.2 Å².